The zero-order valence-electron chi connectivity index (χ0n) is 6.00. The molecule has 54 valence electrons. The van der Waals surface area contributed by atoms with E-state index in [2.05, 4.69) is 18.4 Å². The van der Waals surface area contributed by atoms with E-state index < -0.39 is 0 Å². The molecule has 1 saturated carbocycles. The van der Waals surface area contributed by atoms with Crippen molar-refractivity contribution in [2.75, 3.05) is 0 Å². The molecule has 1 fully saturated rings. The molecule has 0 saturated heterocycles. The number of hydrogen-bond donors (Lipinski definition) is 1. The number of aryl methyl sites for hydroxylation is 1. The molecule has 0 spiro atoms. The van der Waals surface area contributed by atoms with Crippen LogP contribution in [0, 0.1) is 6.92 Å². The monoisotopic (exact) mass is 153 g/mol. The first-order valence-corrected chi connectivity index (χ1v) is 4.46. The second-order valence-electron chi connectivity index (χ2n) is 2.97. The van der Waals surface area contributed by atoms with Crippen LogP contribution in [0.1, 0.15) is 22.8 Å². The minimum atomic E-state index is 0.456. The van der Waals surface area contributed by atoms with Crippen molar-refractivity contribution in [3.8, 4) is 0 Å². The molecule has 0 bridgehead atoms. The summed E-state index contributed by atoms with van der Waals surface area (Å²) in [7, 11) is 0. The molecule has 2 rings (SSSR count). The van der Waals surface area contributed by atoms with E-state index in [0.29, 0.717) is 12.0 Å². The van der Waals surface area contributed by atoms with Gasteiger partial charge in [-0.3, -0.25) is 0 Å². The minimum Gasteiger partial charge on any atom is -0.327 e. The maximum Gasteiger partial charge on any atom is 0.0123 e. The molecule has 2 heteroatoms. The molecule has 0 aliphatic heterocycles. The van der Waals surface area contributed by atoms with Gasteiger partial charge in [-0.1, -0.05) is 0 Å². The van der Waals surface area contributed by atoms with Crippen LogP contribution in [-0.4, -0.2) is 6.04 Å². The first-order chi connectivity index (χ1) is 4.79. The molecule has 1 aliphatic carbocycles. The first-order valence-electron chi connectivity index (χ1n) is 3.58. The largest absolute Gasteiger partial charge is 0.327 e. The van der Waals surface area contributed by atoms with Crippen molar-refractivity contribution in [3.63, 3.8) is 0 Å². The molecular formula is C8H11NS. The average molecular weight is 153 g/mol. The highest BCUT2D eigenvalue weighted by molar-refractivity contribution is 7.10. The van der Waals surface area contributed by atoms with Gasteiger partial charge in [0.1, 0.15) is 0 Å². The quantitative estimate of drug-likeness (QED) is 0.655. The average Bonchev–Trinajstić information content (AvgIpc) is 2.42. The number of hydrogen-bond acceptors (Lipinski definition) is 2. The summed E-state index contributed by atoms with van der Waals surface area (Å²) in [6, 6.07) is 2.63. The van der Waals surface area contributed by atoms with Crippen molar-refractivity contribution in [1.29, 1.82) is 0 Å². The summed E-state index contributed by atoms with van der Waals surface area (Å²) in [5.41, 5.74) is 7.15. The minimum absolute atomic E-state index is 0.456. The van der Waals surface area contributed by atoms with Gasteiger partial charge in [0.05, 0.1) is 0 Å². The zero-order valence-corrected chi connectivity index (χ0v) is 6.82. The Bertz CT molecular complexity index is 241. The van der Waals surface area contributed by atoms with Gasteiger partial charge < -0.3 is 5.73 Å². The summed E-state index contributed by atoms with van der Waals surface area (Å²) in [6.45, 7) is 2.16. The summed E-state index contributed by atoms with van der Waals surface area (Å²) in [5, 5.41) is 2.15. The molecule has 1 aromatic heterocycles. The van der Waals surface area contributed by atoms with Crippen molar-refractivity contribution in [2.24, 2.45) is 5.73 Å². The Hall–Kier alpha value is -0.340. The molecule has 1 aliphatic rings. The predicted molar refractivity (Wildman–Crippen MR) is 44.4 cm³/mol. The van der Waals surface area contributed by atoms with Crippen LogP contribution in [0.5, 0.6) is 0 Å². The smallest absolute Gasteiger partial charge is 0.0123 e. The van der Waals surface area contributed by atoms with Crippen LogP contribution < -0.4 is 5.73 Å². The van der Waals surface area contributed by atoms with Gasteiger partial charge in [-0.2, -0.15) is 0 Å². The fraction of sp³-hybridized carbons (Fsp3) is 0.500. The zero-order chi connectivity index (χ0) is 7.14. The van der Waals surface area contributed by atoms with Crippen molar-refractivity contribution < 1.29 is 0 Å². The second kappa shape index (κ2) is 2.07. The SMILES string of the molecule is Cc1ccsc1[C@@H]1C[C@H]1N. The standard InChI is InChI=1S/C8H11NS/c1-5-2-3-10-8(5)6-4-7(6)9/h2-3,6-7H,4,9H2,1H3/t6-,7-/m1/s1. The maximum absolute atomic E-state index is 5.73. The molecule has 0 amide bonds. The van der Waals surface area contributed by atoms with Crippen LogP contribution in [0.15, 0.2) is 11.4 Å². The number of thiophene rings is 1. The van der Waals surface area contributed by atoms with Crippen LogP contribution in [0.3, 0.4) is 0 Å². The molecule has 1 nitrogen and oxygen atoms in total. The lowest BCUT2D eigenvalue weighted by atomic mass is 10.2. The molecule has 10 heavy (non-hydrogen) atoms. The fourth-order valence-electron chi connectivity index (χ4n) is 1.28. The van der Waals surface area contributed by atoms with E-state index in [0.717, 1.165) is 0 Å². The van der Waals surface area contributed by atoms with Gasteiger partial charge in [-0.05, 0) is 30.4 Å². The number of nitrogens with two attached hydrogens (primary N) is 1. The van der Waals surface area contributed by atoms with Crippen LogP contribution in [0.2, 0.25) is 0 Å². The van der Waals surface area contributed by atoms with Crippen molar-refractivity contribution in [1.82, 2.24) is 0 Å². The van der Waals surface area contributed by atoms with Gasteiger partial charge in [-0.15, -0.1) is 11.3 Å². The lowest BCUT2D eigenvalue weighted by Gasteiger charge is -1.92. The normalized spacial score (nSPS) is 30.6. The van der Waals surface area contributed by atoms with Crippen LogP contribution in [0.25, 0.3) is 0 Å². The highest BCUT2D eigenvalue weighted by Crippen LogP contribution is 2.42. The van der Waals surface area contributed by atoms with Crippen LogP contribution in [-0.2, 0) is 0 Å². The Morgan fingerprint density at radius 3 is 2.80 bits per heavy atom. The summed E-state index contributed by atoms with van der Waals surface area (Å²) in [5.74, 6) is 0.694. The third kappa shape index (κ3) is 0.879. The van der Waals surface area contributed by atoms with E-state index in [-0.39, 0.29) is 0 Å². The Labute approximate surface area is 64.9 Å². The van der Waals surface area contributed by atoms with Gasteiger partial charge in [0, 0.05) is 16.8 Å². The van der Waals surface area contributed by atoms with Gasteiger partial charge in [0.2, 0.25) is 0 Å². The first kappa shape index (κ1) is 6.38. The third-order valence-corrected chi connectivity index (χ3v) is 3.23. The second-order valence-corrected chi connectivity index (χ2v) is 3.92. The van der Waals surface area contributed by atoms with Gasteiger partial charge in [-0.25, -0.2) is 0 Å². The highest BCUT2D eigenvalue weighted by Gasteiger charge is 2.36. The summed E-state index contributed by atoms with van der Waals surface area (Å²) in [4.78, 5) is 1.51. The van der Waals surface area contributed by atoms with E-state index in [1.165, 1.54) is 16.9 Å². The molecule has 2 atom stereocenters. The summed E-state index contributed by atoms with van der Waals surface area (Å²) in [6.07, 6.45) is 1.20. The van der Waals surface area contributed by atoms with Crippen molar-refractivity contribution in [3.05, 3.63) is 21.9 Å². The maximum atomic E-state index is 5.73. The van der Waals surface area contributed by atoms with E-state index in [1.54, 1.807) is 0 Å². The molecular weight excluding hydrogens is 142 g/mol. The molecule has 1 aromatic rings. The van der Waals surface area contributed by atoms with E-state index in [4.69, 9.17) is 5.73 Å². The number of rotatable bonds is 1. The predicted octanol–water partition coefficient (Wildman–Crippen LogP) is 1.87. The summed E-state index contributed by atoms with van der Waals surface area (Å²) >= 11 is 1.84. The third-order valence-electron chi connectivity index (χ3n) is 2.08. The molecule has 0 radical (unpaired) electrons. The molecule has 0 unspecified atom stereocenters. The Morgan fingerprint density at radius 2 is 2.40 bits per heavy atom. The molecule has 0 aromatic carbocycles. The van der Waals surface area contributed by atoms with Gasteiger partial charge in [0.15, 0.2) is 0 Å². The van der Waals surface area contributed by atoms with Crippen molar-refractivity contribution in [2.45, 2.75) is 25.3 Å². The lowest BCUT2D eigenvalue weighted by molar-refractivity contribution is 1.000. The van der Waals surface area contributed by atoms with E-state index in [1.807, 2.05) is 11.3 Å². The Kier molecular flexibility index (Phi) is 1.32. The van der Waals surface area contributed by atoms with Gasteiger partial charge in [0.25, 0.3) is 0 Å². The topological polar surface area (TPSA) is 26.0 Å². The van der Waals surface area contributed by atoms with Crippen LogP contribution >= 0.6 is 11.3 Å². The van der Waals surface area contributed by atoms with Crippen molar-refractivity contribution >= 4 is 11.3 Å². The van der Waals surface area contributed by atoms with Gasteiger partial charge >= 0.3 is 0 Å². The lowest BCUT2D eigenvalue weighted by Crippen LogP contribution is -2.00. The Morgan fingerprint density at radius 1 is 1.70 bits per heavy atom. The molecule has 2 N–H and O–H groups in total. The summed E-state index contributed by atoms with van der Waals surface area (Å²) < 4.78 is 0. The van der Waals surface area contributed by atoms with E-state index in [9.17, 15) is 0 Å². The van der Waals surface area contributed by atoms with Crippen LogP contribution in [0.4, 0.5) is 0 Å². The molecule has 1 heterocycles. The fourth-order valence-corrected chi connectivity index (χ4v) is 2.40. The van der Waals surface area contributed by atoms with E-state index >= 15 is 0 Å². The highest BCUT2D eigenvalue weighted by atomic mass is 32.1. The Balaban J connectivity index is 2.26.